The summed E-state index contributed by atoms with van der Waals surface area (Å²) in [6, 6.07) is 8.48. The van der Waals surface area contributed by atoms with Gasteiger partial charge in [0.2, 0.25) is 5.79 Å². The molecule has 0 fully saturated rings. The Labute approximate surface area is 144 Å². The minimum atomic E-state index is -1.81. The Morgan fingerprint density at radius 2 is 2.00 bits per heavy atom. The third-order valence-corrected chi connectivity index (χ3v) is 5.08. The number of ether oxygens (including phenoxy) is 1. The molecule has 0 bridgehead atoms. The predicted molar refractivity (Wildman–Crippen MR) is 91.5 cm³/mol. The lowest BCUT2D eigenvalue weighted by molar-refractivity contribution is -0.134. The molecule has 0 spiro atoms. The Balaban J connectivity index is 1.90. The molecule has 5 N–H and O–H groups in total. The molecule has 0 saturated heterocycles. The van der Waals surface area contributed by atoms with Crippen molar-refractivity contribution in [3.05, 3.63) is 58.1 Å². The van der Waals surface area contributed by atoms with Gasteiger partial charge < -0.3 is 21.3 Å². The maximum Gasteiger partial charge on any atom is 0.250 e. The molecule has 1 heterocycles. The van der Waals surface area contributed by atoms with Crippen LogP contribution in [0.3, 0.4) is 0 Å². The molecule has 1 amide bonds. The van der Waals surface area contributed by atoms with Gasteiger partial charge in [0.1, 0.15) is 11.7 Å². The molecule has 2 aromatic rings. The molecule has 4 rings (SSSR count). The number of Topliss-reactive ketones (excluding diaryl/α,β-unsaturated/α-hetero) is 1. The van der Waals surface area contributed by atoms with Crippen LogP contribution in [0.5, 0.6) is 5.75 Å². The van der Waals surface area contributed by atoms with Crippen molar-refractivity contribution in [3.63, 3.8) is 0 Å². The summed E-state index contributed by atoms with van der Waals surface area (Å²) >= 11 is 0. The first kappa shape index (κ1) is 15.7. The first-order valence-electron chi connectivity index (χ1n) is 8.08. The molecule has 6 nitrogen and oxygen atoms in total. The smallest absolute Gasteiger partial charge is 0.250 e. The number of nitrogen functional groups attached to an aromatic ring is 1. The van der Waals surface area contributed by atoms with E-state index in [1.54, 1.807) is 0 Å². The molecule has 25 heavy (non-hydrogen) atoms. The van der Waals surface area contributed by atoms with E-state index in [-0.39, 0.29) is 28.2 Å². The van der Waals surface area contributed by atoms with Gasteiger partial charge in [0.25, 0.3) is 5.91 Å². The predicted octanol–water partition coefficient (Wildman–Crippen LogP) is 2.01. The quantitative estimate of drug-likeness (QED) is 0.724. The van der Waals surface area contributed by atoms with Crippen molar-refractivity contribution in [1.82, 2.24) is 0 Å². The highest BCUT2D eigenvalue weighted by Gasteiger charge is 2.60. The van der Waals surface area contributed by atoms with E-state index in [1.165, 1.54) is 12.1 Å². The van der Waals surface area contributed by atoms with Crippen LogP contribution in [0.1, 0.15) is 63.1 Å². The molecule has 0 saturated carbocycles. The van der Waals surface area contributed by atoms with Crippen molar-refractivity contribution in [2.45, 2.75) is 31.5 Å². The van der Waals surface area contributed by atoms with Gasteiger partial charge in [0.15, 0.2) is 5.78 Å². The summed E-state index contributed by atoms with van der Waals surface area (Å²) in [6.45, 7) is 4.11. The number of hydrogen-bond donors (Lipinski definition) is 3. The van der Waals surface area contributed by atoms with Crippen LogP contribution in [-0.2, 0) is 5.79 Å². The Morgan fingerprint density at radius 1 is 1.28 bits per heavy atom. The Hall–Kier alpha value is -2.86. The summed E-state index contributed by atoms with van der Waals surface area (Å²) in [4.78, 5) is 24.5. The van der Waals surface area contributed by atoms with E-state index in [2.05, 4.69) is 13.8 Å². The maximum absolute atomic E-state index is 13.0. The summed E-state index contributed by atoms with van der Waals surface area (Å²) in [7, 11) is 0. The number of ketones is 1. The van der Waals surface area contributed by atoms with Crippen LogP contribution in [0.15, 0.2) is 30.3 Å². The van der Waals surface area contributed by atoms with E-state index in [0.29, 0.717) is 17.2 Å². The molecule has 2 aromatic carbocycles. The largest absolute Gasteiger partial charge is 0.457 e. The minimum Gasteiger partial charge on any atom is -0.457 e. The van der Waals surface area contributed by atoms with Gasteiger partial charge in [-0.15, -0.1) is 0 Å². The van der Waals surface area contributed by atoms with Gasteiger partial charge in [-0.1, -0.05) is 32.0 Å². The summed E-state index contributed by atoms with van der Waals surface area (Å²) in [6.07, 6.45) is 0. The first-order chi connectivity index (χ1) is 11.8. The van der Waals surface area contributed by atoms with Crippen molar-refractivity contribution in [2.75, 3.05) is 5.73 Å². The molecular formula is C19H18N2O4. The number of anilines is 1. The number of hydrogen-bond acceptors (Lipinski definition) is 5. The number of primary amides is 1. The Bertz CT molecular complexity index is 951. The molecule has 2 aliphatic rings. The van der Waals surface area contributed by atoms with Crippen LogP contribution < -0.4 is 16.2 Å². The third kappa shape index (κ3) is 1.88. The molecule has 0 radical (unpaired) electrons. The van der Waals surface area contributed by atoms with E-state index in [0.717, 1.165) is 5.56 Å². The highest BCUT2D eigenvalue weighted by atomic mass is 16.6. The number of amides is 1. The topological polar surface area (TPSA) is 116 Å². The summed E-state index contributed by atoms with van der Waals surface area (Å²) in [5, 5.41) is 11.1. The first-order valence-corrected chi connectivity index (χ1v) is 8.08. The highest BCUT2D eigenvalue weighted by Crippen LogP contribution is 2.56. The van der Waals surface area contributed by atoms with Gasteiger partial charge >= 0.3 is 0 Å². The molecule has 2 atom stereocenters. The number of aliphatic hydroxyl groups is 1. The van der Waals surface area contributed by atoms with Crippen LogP contribution in [0, 0.1) is 0 Å². The summed E-state index contributed by atoms with van der Waals surface area (Å²) in [5.74, 6) is -3.01. The molecule has 1 aliphatic heterocycles. The zero-order valence-corrected chi connectivity index (χ0v) is 13.9. The summed E-state index contributed by atoms with van der Waals surface area (Å²) < 4.78 is 5.82. The average Bonchev–Trinajstić information content (AvgIpc) is 2.95. The van der Waals surface area contributed by atoms with Gasteiger partial charge in [-0.3, -0.25) is 9.59 Å². The molecule has 1 aliphatic carbocycles. The van der Waals surface area contributed by atoms with Gasteiger partial charge in [-0.25, -0.2) is 0 Å². The van der Waals surface area contributed by atoms with Crippen molar-refractivity contribution in [2.24, 2.45) is 5.73 Å². The Kier molecular flexibility index (Phi) is 3.02. The molecule has 128 valence electrons. The normalized spacial score (nSPS) is 23.2. The van der Waals surface area contributed by atoms with Crippen LogP contribution in [0.4, 0.5) is 5.69 Å². The van der Waals surface area contributed by atoms with Crippen molar-refractivity contribution < 1.29 is 19.4 Å². The number of nitrogens with two attached hydrogens (primary N) is 2. The van der Waals surface area contributed by atoms with Gasteiger partial charge in [-0.05, 0) is 23.6 Å². The fourth-order valence-electron chi connectivity index (χ4n) is 3.75. The van der Waals surface area contributed by atoms with E-state index < -0.39 is 17.6 Å². The number of benzene rings is 2. The van der Waals surface area contributed by atoms with Crippen molar-refractivity contribution in [3.8, 4) is 5.75 Å². The lowest BCUT2D eigenvalue weighted by Gasteiger charge is -2.22. The number of carbonyl (C=O) groups is 2. The molecule has 0 aromatic heterocycles. The monoisotopic (exact) mass is 338 g/mol. The van der Waals surface area contributed by atoms with E-state index in [9.17, 15) is 14.7 Å². The van der Waals surface area contributed by atoms with Crippen LogP contribution in [0.25, 0.3) is 0 Å². The van der Waals surface area contributed by atoms with Crippen molar-refractivity contribution in [1.29, 1.82) is 0 Å². The Morgan fingerprint density at radius 3 is 2.64 bits per heavy atom. The fraction of sp³-hybridized carbons (Fsp3) is 0.263. The zero-order valence-electron chi connectivity index (χ0n) is 13.9. The van der Waals surface area contributed by atoms with Gasteiger partial charge in [-0.2, -0.15) is 0 Å². The highest BCUT2D eigenvalue weighted by molar-refractivity contribution is 6.14. The fourth-order valence-corrected chi connectivity index (χ4v) is 3.75. The minimum absolute atomic E-state index is 0.0122. The van der Waals surface area contributed by atoms with Crippen LogP contribution in [-0.4, -0.2) is 16.8 Å². The number of fused-ring (bicyclic) bond motifs is 5. The van der Waals surface area contributed by atoms with Crippen molar-refractivity contribution >= 4 is 17.4 Å². The average molecular weight is 338 g/mol. The standard InChI is InChI=1S/C19H18N2O4/c1-8(2)9-3-4-10-13(7-9)25-19(24)12-6-5-11(18(21)23)16(20)14(12)17(22)15(10)19/h3-8,15,24H,20H2,1-2H3,(H2,21,23). The van der Waals surface area contributed by atoms with E-state index in [4.69, 9.17) is 16.2 Å². The number of rotatable bonds is 2. The zero-order chi connectivity index (χ0) is 18.1. The van der Waals surface area contributed by atoms with Crippen LogP contribution in [0.2, 0.25) is 0 Å². The lowest BCUT2D eigenvalue weighted by Crippen LogP contribution is -2.32. The van der Waals surface area contributed by atoms with Gasteiger partial charge in [0.05, 0.1) is 16.8 Å². The van der Waals surface area contributed by atoms with E-state index >= 15 is 0 Å². The second-order valence-corrected chi connectivity index (χ2v) is 6.86. The molecular weight excluding hydrogens is 320 g/mol. The maximum atomic E-state index is 13.0. The van der Waals surface area contributed by atoms with Gasteiger partial charge in [0, 0.05) is 11.1 Å². The SMILES string of the molecule is CC(C)c1ccc2c(c1)OC1(O)c3ccc(C(N)=O)c(N)c3C(=O)C21. The third-order valence-electron chi connectivity index (χ3n) is 5.08. The second-order valence-electron chi connectivity index (χ2n) is 6.86. The van der Waals surface area contributed by atoms with E-state index in [1.807, 2.05) is 18.2 Å². The molecule has 6 heteroatoms. The number of carbonyl (C=O) groups excluding carboxylic acids is 2. The summed E-state index contributed by atoms with van der Waals surface area (Å²) in [5.41, 5.74) is 13.4. The van der Waals surface area contributed by atoms with Crippen LogP contribution >= 0.6 is 0 Å². The second kappa shape index (κ2) is 4.83. The molecule has 2 unspecified atom stereocenters. The lowest BCUT2D eigenvalue weighted by atomic mass is 9.91.